The summed E-state index contributed by atoms with van der Waals surface area (Å²) in [4.78, 5) is 4.88. The van der Waals surface area contributed by atoms with Gasteiger partial charge in [0.25, 0.3) is 11.7 Å². The minimum Gasteiger partial charge on any atom is -0.199 e. The lowest BCUT2D eigenvalue weighted by atomic mass is 9.87. The minimum absolute atomic E-state index is 0.00886. The van der Waals surface area contributed by atoms with E-state index in [-0.39, 0.29) is 10.8 Å². The summed E-state index contributed by atoms with van der Waals surface area (Å²) in [5.74, 6) is 2.24. The van der Waals surface area contributed by atoms with Crippen molar-refractivity contribution in [2.75, 3.05) is 7.05 Å². The van der Waals surface area contributed by atoms with Crippen LogP contribution in [0.3, 0.4) is 0 Å². The van der Waals surface area contributed by atoms with Crippen LogP contribution in [-0.2, 0) is 0 Å². The van der Waals surface area contributed by atoms with Gasteiger partial charge in [-0.3, -0.25) is 0 Å². The van der Waals surface area contributed by atoms with Crippen LogP contribution >= 0.6 is 0 Å². The summed E-state index contributed by atoms with van der Waals surface area (Å²) in [6, 6.07) is 8.61. The molecule has 0 bridgehead atoms. The number of amidine groups is 2. The normalized spacial score (nSPS) is 23.5. The fourth-order valence-corrected chi connectivity index (χ4v) is 2.99. The molecule has 4 nitrogen and oxygen atoms in total. The van der Waals surface area contributed by atoms with Crippen LogP contribution in [0.15, 0.2) is 46.6 Å². The fourth-order valence-electron chi connectivity index (χ4n) is 2.99. The summed E-state index contributed by atoms with van der Waals surface area (Å²) < 4.78 is 2.77. The zero-order valence-corrected chi connectivity index (χ0v) is 15.8. The first-order valence-corrected chi connectivity index (χ1v) is 8.49. The van der Waals surface area contributed by atoms with Gasteiger partial charge in [-0.2, -0.15) is 4.58 Å². The molecule has 0 saturated carbocycles. The van der Waals surface area contributed by atoms with E-state index in [4.69, 9.17) is 4.99 Å². The van der Waals surface area contributed by atoms with Crippen molar-refractivity contribution in [2.45, 2.75) is 41.5 Å². The molecular formula is C20H28N4+2. The number of aliphatic imine (C=N–C) groups is 1. The highest BCUT2D eigenvalue weighted by molar-refractivity contribution is 6.06. The van der Waals surface area contributed by atoms with Gasteiger partial charge in [-0.25, -0.2) is 0 Å². The average Bonchev–Trinajstić information content (AvgIpc) is 2.83. The molecule has 1 aromatic carbocycles. The lowest BCUT2D eigenvalue weighted by Crippen LogP contribution is -2.46. The molecule has 1 aromatic rings. The summed E-state index contributed by atoms with van der Waals surface area (Å²) in [6.07, 6.45) is 5.93. The molecule has 2 aliphatic rings. The van der Waals surface area contributed by atoms with Gasteiger partial charge in [0, 0.05) is 18.2 Å². The number of hydrogen-bond donors (Lipinski definition) is 0. The zero-order chi connectivity index (χ0) is 17.8. The maximum atomic E-state index is 4.88. The van der Waals surface area contributed by atoms with Crippen LogP contribution in [0.2, 0.25) is 0 Å². The lowest BCUT2D eigenvalue weighted by Gasteiger charge is -2.32. The van der Waals surface area contributed by atoms with E-state index in [1.165, 1.54) is 0 Å². The number of nitrogens with zero attached hydrogens (tertiary/aromatic N) is 4. The van der Waals surface area contributed by atoms with Gasteiger partial charge in [0.05, 0.1) is 17.0 Å². The van der Waals surface area contributed by atoms with Crippen molar-refractivity contribution in [3.05, 3.63) is 36.5 Å². The molecule has 1 atom stereocenters. The van der Waals surface area contributed by atoms with Gasteiger partial charge in [0.15, 0.2) is 5.69 Å². The molecule has 2 heterocycles. The van der Waals surface area contributed by atoms with Gasteiger partial charge >= 0.3 is 0 Å². The molecule has 126 valence electrons. The zero-order valence-electron chi connectivity index (χ0n) is 15.8. The van der Waals surface area contributed by atoms with E-state index in [2.05, 4.69) is 88.7 Å². The molecule has 4 heteroatoms. The first kappa shape index (κ1) is 16.8. The maximum absolute atomic E-state index is 4.88. The first-order valence-electron chi connectivity index (χ1n) is 8.49. The van der Waals surface area contributed by atoms with Crippen molar-refractivity contribution in [3.8, 4) is 0 Å². The molecule has 0 N–H and O–H groups in total. The summed E-state index contributed by atoms with van der Waals surface area (Å²) in [5.41, 5.74) is 2.32. The molecule has 0 radical (unpaired) electrons. The molecule has 0 amide bonds. The standard InChI is InChI=1S/C20H28N4/c1-19(2,3)17-22-18(20(4,5)6)23(17)15-10-8-11-16(14-15)24(7)13-9-12-21-24/h8-14H,1-7H3/q+2. The number of hydrogen-bond acceptors (Lipinski definition) is 2. The molecule has 3 rings (SSSR count). The molecule has 0 aliphatic carbocycles. The second-order valence-corrected chi connectivity index (χ2v) is 8.75. The SMILES string of the molecule is CC(C)(C)C1=NC(C(C)(C)C)=[N+]1c1cccc([N+]2(C)C=CC=N2)c1. The predicted octanol–water partition coefficient (Wildman–Crippen LogP) is 4.68. The van der Waals surface area contributed by atoms with Crippen molar-refractivity contribution in [1.29, 1.82) is 0 Å². The molecule has 0 fully saturated rings. The molecule has 24 heavy (non-hydrogen) atoms. The number of benzene rings is 1. The minimum atomic E-state index is 0.00886. The average molecular weight is 324 g/mol. The Bertz CT molecular complexity index is 784. The number of rotatable bonds is 2. The highest BCUT2D eigenvalue weighted by atomic mass is 15.6. The Hall–Kier alpha value is -2.07. The molecule has 0 aromatic heterocycles. The van der Waals surface area contributed by atoms with E-state index in [0.717, 1.165) is 23.0 Å². The smallest absolute Gasteiger partial charge is 0.199 e. The quantitative estimate of drug-likeness (QED) is 0.558. The Morgan fingerprint density at radius 2 is 1.71 bits per heavy atom. The van der Waals surface area contributed by atoms with E-state index in [1.807, 2.05) is 12.3 Å². The highest BCUT2D eigenvalue weighted by Crippen LogP contribution is 2.36. The molecule has 2 aliphatic heterocycles. The van der Waals surface area contributed by atoms with Gasteiger partial charge < -0.3 is 0 Å². The van der Waals surface area contributed by atoms with Crippen molar-refractivity contribution in [3.63, 3.8) is 0 Å². The van der Waals surface area contributed by atoms with Crippen LogP contribution in [0.1, 0.15) is 41.5 Å². The third kappa shape index (κ3) is 2.75. The Morgan fingerprint density at radius 1 is 1.00 bits per heavy atom. The van der Waals surface area contributed by atoms with Gasteiger partial charge in [0.2, 0.25) is 0 Å². The summed E-state index contributed by atoms with van der Waals surface area (Å²) >= 11 is 0. The van der Waals surface area contributed by atoms with Crippen LogP contribution in [0.25, 0.3) is 0 Å². The van der Waals surface area contributed by atoms with Gasteiger partial charge in [-0.05, 0) is 6.07 Å². The summed E-state index contributed by atoms with van der Waals surface area (Å²) in [5, 5.41) is 4.56. The maximum Gasteiger partial charge on any atom is 0.252 e. The van der Waals surface area contributed by atoms with Crippen LogP contribution in [0.4, 0.5) is 11.4 Å². The van der Waals surface area contributed by atoms with Crippen molar-refractivity contribution in [2.24, 2.45) is 20.9 Å². The number of allylic oxidation sites excluding steroid dienone is 1. The van der Waals surface area contributed by atoms with Gasteiger partial charge in [-0.15, -0.1) is 4.59 Å². The Balaban J connectivity index is 2.09. The van der Waals surface area contributed by atoms with E-state index >= 15 is 0 Å². The van der Waals surface area contributed by atoms with Crippen molar-refractivity contribution >= 4 is 29.3 Å². The molecule has 0 saturated heterocycles. The lowest BCUT2D eigenvalue weighted by molar-refractivity contribution is -0.338. The summed E-state index contributed by atoms with van der Waals surface area (Å²) in [6.45, 7) is 13.3. The van der Waals surface area contributed by atoms with Gasteiger partial charge in [0.1, 0.15) is 18.9 Å². The number of quaternary nitrogens is 1. The highest BCUT2D eigenvalue weighted by Gasteiger charge is 2.44. The van der Waals surface area contributed by atoms with Crippen LogP contribution in [0, 0.1) is 10.8 Å². The van der Waals surface area contributed by atoms with Crippen LogP contribution in [0.5, 0.6) is 0 Å². The molecule has 0 spiro atoms. The summed E-state index contributed by atoms with van der Waals surface area (Å²) in [7, 11) is 2.09. The third-order valence-corrected chi connectivity index (χ3v) is 4.36. The van der Waals surface area contributed by atoms with E-state index in [1.54, 1.807) is 0 Å². The van der Waals surface area contributed by atoms with E-state index in [9.17, 15) is 0 Å². The van der Waals surface area contributed by atoms with Gasteiger partial charge in [-0.1, -0.05) is 57.7 Å². The Kier molecular flexibility index (Phi) is 3.64. The fraction of sp³-hybridized carbons (Fsp3) is 0.450. The van der Waals surface area contributed by atoms with Crippen LogP contribution < -0.4 is 4.59 Å². The Labute approximate surface area is 145 Å². The van der Waals surface area contributed by atoms with Crippen LogP contribution in [-0.4, -0.2) is 29.5 Å². The van der Waals surface area contributed by atoms with E-state index < -0.39 is 0 Å². The third-order valence-electron chi connectivity index (χ3n) is 4.36. The largest absolute Gasteiger partial charge is 0.252 e. The first-order chi connectivity index (χ1) is 11.0. The van der Waals surface area contributed by atoms with Crippen molar-refractivity contribution < 1.29 is 4.58 Å². The van der Waals surface area contributed by atoms with E-state index in [0.29, 0.717) is 4.59 Å². The van der Waals surface area contributed by atoms with Crippen molar-refractivity contribution in [1.82, 2.24) is 4.59 Å². The predicted molar refractivity (Wildman–Crippen MR) is 103 cm³/mol. The molecule has 1 unspecified atom stereocenters. The Morgan fingerprint density at radius 3 is 2.25 bits per heavy atom. The second kappa shape index (κ2) is 5.21. The molecular weight excluding hydrogens is 296 g/mol. The topological polar surface area (TPSA) is 27.7 Å². The monoisotopic (exact) mass is 324 g/mol. The second-order valence-electron chi connectivity index (χ2n) is 8.75.